The van der Waals surface area contributed by atoms with Gasteiger partial charge in [0.2, 0.25) is 0 Å². The average Bonchev–Trinajstić information content (AvgIpc) is 2.98. The lowest BCUT2D eigenvalue weighted by molar-refractivity contribution is 0.371. The molecule has 0 saturated heterocycles. The van der Waals surface area contributed by atoms with Crippen LogP contribution in [-0.4, -0.2) is 13.7 Å². The van der Waals surface area contributed by atoms with Crippen LogP contribution in [0.1, 0.15) is 24.8 Å². The highest BCUT2D eigenvalue weighted by molar-refractivity contribution is 5.44. The van der Waals surface area contributed by atoms with Crippen LogP contribution in [0.5, 0.6) is 5.75 Å². The van der Waals surface area contributed by atoms with Gasteiger partial charge in [0, 0.05) is 17.0 Å². The van der Waals surface area contributed by atoms with E-state index in [-0.39, 0.29) is 11.2 Å². The van der Waals surface area contributed by atoms with E-state index in [4.69, 9.17) is 10.5 Å². The van der Waals surface area contributed by atoms with E-state index in [1.54, 1.807) is 0 Å². The van der Waals surface area contributed by atoms with Gasteiger partial charge in [-0.1, -0.05) is 0 Å². The first kappa shape index (κ1) is 11.3. The number of methoxy groups -OCH3 is 1. The number of halogens is 2. The Kier molecular flexibility index (Phi) is 2.84. The smallest absolute Gasteiger partial charge is 0.168 e. The molecule has 0 aromatic heterocycles. The van der Waals surface area contributed by atoms with Crippen LogP contribution >= 0.6 is 0 Å². The number of hydrogen-bond donors (Lipinski definition) is 1. The highest BCUT2D eigenvalue weighted by Crippen LogP contribution is 2.54. The second-order valence-corrected chi connectivity index (χ2v) is 4.29. The quantitative estimate of drug-likeness (QED) is 0.857. The van der Waals surface area contributed by atoms with E-state index in [2.05, 4.69) is 0 Å². The molecule has 1 aromatic rings. The van der Waals surface area contributed by atoms with Gasteiger partial charge in [-0.25, -0.2) is 8.78 Å². The zero-order valence-corrected chi connectivity index (χ0v) is 9.22. The van der Waals surface area contributed by atoms with Crippen LogP contribution in [0.3, 0.4) is 0 Å². The lowest BCUT2D eigenvalue weighted by Crippen LogP contribution is -2.15. The Morgan fingerprint density at radius 3 is 2.56 bits per heavy atom. The minimum absolute atomic E-state index is 0.160. The zero-order chi connectivity index (χ0) is 11.8. The predicted molar refractivity (Wildman–Crippen MR) is 57.5 cm³/mol. The third kappa shape index (κ3) is 1.78. The Labute approximate surface area is 93.4 Å². The van der Waals surface area contributed by atoms with Gasteiger partial charge in [0.05, 0.1) is 7.11 Å². The molecule has 88 valence electrons. The van der Waals surface area contributed by atoms with Crippen molar-refractivity contribution in [3.63, 3.8) is 0 Å². The van der Waals surface area contributed by atoms with Gasteiger partial charge in [0.15, 0.2) is 11.6 Å². The maximum atomic E-state index is 13.5. The van der Waals surface area contributed by atoms with Crippen molar-refractivity contribution in [2.45, 2.75) is 24.7 Å². The van der Waals surface area contributed by atoms with Crippen LogP contribution in [0.15, 0.2) is 12.1 Å². The zero-order valence-electron chi connectivity index (χ0n) is 9.22. The number of nitrogens with two attached hydrogens (primary N) is 1. The van der Waals surface area contributed by atoms with E-state index < -0.39 is 11.6 Å². The Hall–Kier alpha value is -1.16. The molecule has 0 aliphatic heterocycles. The summed E-state index contributed by atoms with van der Waals surface area (Å²) in [5.41, 5.74) is 5.99. The van der Waals surface area contributed by atoms with Gasteiger partial charge in [-0.3, -0.25) is 0 Å². The second kappa shape index (κ2) is 4.01. The number of hydrogen-bond acceptors (Lipinski definition) is 2. The van der Waals surface area contributed by atoms with Crippen molar-refractivity contribution >= 4 is 0 Å². The Bertz CT molecular complexity index is 402. The number of rotatable bonds is 4. The van der Waals surface area contributed by atoms with Crippen molar-refractivity contribution in [2.24, 2.45) is 5.73 Å². The molecule has 0 radical (unpaired) electrons. The molecule has 2 N–H and O–H groups in total. The number of benzene rings is 1. The van der Waals surface area contributed by atoms with E-state index >= 15 is 0 Å². The van der Waals surface area contributed by atoms with Crippen LogP contribution in [-0.2, 0) is 5.41 Å². The maximum Gasteiger partial charge on any atom is 0.168 e. The molecular formula is C12H15F2NO. The molecule has 0 spiro atoms. The molecule has 16 heavy (non-hydrogen) atoms. The summed E-state index contributed by atoms with van der Waals surface area (Å²) in [6, 6.07) is 2.21. The fraction of sp³-hybridized carbons (Fsp3) is 0.500. The number of ether oxygens (including phenoxy) is 1. The molecule has 4 heteroatoms. The van der Waals surface area contributed by atoms with E-state index in [1.165, 1.54) is 13.2 Å². The second-order valence-electron chi connectivity index (χ2n) is 4.29. The first-order valence-corrected chi connectivity index (χ1v) is 5.36. The van der Waals surface area contributed by atoms with Crippen molar-refractivity contribution < 1.29 is 13.5 Å². The Morgan fingerprint density at radius 1 is 1.38 bits per heavy atom. The molecule has 1 saturated carbocycles. The normalized spacial score (nSPS) is 17.2. The van der Waals surface area contributed by atoms with Gasteiger partial charge >= 0.3 is 0 Å². The van der Waals surface area contributed by atoms with Gasteiger partial charge in [0.1, 0.15) is 5.82 Å². The SMILES string of the molecule is COc1c(F)cc(F)cc1C1(CCN)CC1. The maximum absolute atomic E-state index is 13.5. The molecule has 0 heterocycles. The van der Waals surface area contributed by atoms with Gasteiger partial charge in [-0.05, 0) is 31.9 Å². The summed E-state index contributed by atoms with van der Waals surface area (Å²) >= 11 is 0. The van der Waals surface area contributed by atoms with Crippen molar-refractivity contribution in [3.8, 4) is 5.75 Å². The molecule has 1 aromatic carbocycles. The average molecular weight is 227 g/mol. The monoisotopic (exact) mass is 227 g/mol. The Balaban J connectivity index is 2.47. The van der Waals surface area contributed by atoms with E-state index in [0.29, 0.717) is 12.1 Å². The Morgan fingerprint density at radius 2 is 2.06 bits per heavy atom. The minimum Gasteiger partial charge on any atom is -0.493 e. The van der Waals surface area contributed by atoms with Gasteiger partial charge in [0.25, 0.3) is 0 Å². The molecule has 1 fully saturated rings. The highest BCUT2D eigenvalue weighted by atomic mass is 19.1. The van der Waals surface area contributed by atoms with Crippen molar-refractivity contribution in [3.05, 3.63) is 29.3 Å². The summed E-state index contributed by atoms with van der Waals surface area (Å²) in [5, 5.41) is 0. The molecule has 1 aliphatic rings. The summed E-state index contributed by atoms with van der Waals surface area (Å²) in [7, 11) is 1.40. The third-order valence-corrected chi connectivity index (χ3v) is 3.26. The first-order chi connectivity index (χ1) is 7.63. The van der Waals surface area contributed by atoms with Crippen LogP contribution < -0.4 is 10.5 Å². The van der Waals surface area contributed by atoms with E-state index in [0.717, 1.165) is 25.3 Å². The van der Waals surface area contributed by atoms with Crippen LogP contribution in [0.25, 0.3) is 0 Å². The van der Waals surface area contributed by atoms with Gasteiger partial charge in [-0.15, -0.1) is 0 Å². The summed E-state index contributed by atoms with van der Waals surface area (Å²) in [4.78, 5) is 0. The lowest BCUT2D eigenvalue weighted by atomic mass is 9.91. The predicted octanol–water partition coefficient (Wildman–Crippen LogP) is 2.35. The third-order valence-electron chi connectivity index (χ3n) is 3.26. The van der Waals surface area contributed by atoms with E-state index in [9.17, 15) is 8.78 Å². The molecule has 0 amide bonds. The largest absolute Gasteiger partial charge is 0.493 e. The fourth-order valence-electron chi connectivity index (χ4n) is 2.24. The van der Waals surface area contributed by atoms with Gasteiger partial charge < -0.3 is 10.5 Å². The molecule has 0 atom stereocenters. The van der Waals surface area contributed by atoms with Crippen LogP contribution in [0.4, 0.5) is 8.78 Å². The standard InChI is InChI=1S/C12H15F2NO/c1-16-11-9(6-8(13)7-10(11)14)12(2-3-12)4-5-15/h6-7H,2-5,15H2,1H3. The minimum atomic E-state index is -0.638. The van der Waals surface area contributed by atoms with Crippen LogP contribution in [0, 0.1) is 11.6 Å². The molecule has 0 bridgehead atoms. The highest BCUT2D eigenvalue weighted by Gasteiger charge is 2.46. The van der Waals surface area contributed by atoms with Gasteiger partial charge in [-0.2, -0.15) is 0 Å². The molecule has 2 rings (SSSR count). The topological polar surface area (TPSA) is 35.2 Å². The molecular weight excluding hydrogens is 212 g/mol. The van der Waals surface area contributed by atoms with Crippen molar-refractivity contribution in [1.82, 2.24) is 0 Å². The lowest BCUT2D eigenvalue weighted by Gasteiger charge is -2.18. The molecule has 2 nitrogen and oxygen atoms in total. The molecule has 0 unspecified atom stereocenters. The van der Waals surface area contributed by atoms with E-state index in [1.807, 2.05) is 0 Å². The van der Waals surface area contributed by atoms with Crippen molar-refractivity contribution in [1.29, 1.82) is 0 Å². The van der Waals surface area contributed by atoms with Crippen LogP contribution in [0.2, 0.25) is 0 Å². The fourth-order valence-corrected chi connectivity index (χ4v) is 2.24. The molecule has 1 aliphatic carbocycles. The summed E-state index contributed by atoms with van der Waals surface area (Å²) in [6.07, 6.45) is 2.58. The first-order valence-electron chi connectivity index (χ1n) is 5.36. The summed E-state index contributed by atoms with van der Waals surface area (Å²) in [6.45, 7) is 0.515. The summed E-state index contributed by atoms with van der Waals surface area (Å²) in [5.74, 6) is -1.04. The van der Waals surface area contributed by atoms with Crippen molar-refractivity contribution in [2.75, 3.05) is 13.7 Å². The summed E-state index contributed by atoms with van der Waals surface area (Å²) < 4.78 is 31.8.